The molecular weight excluding hydrogens is 509 g/mol. The van der Waals surface area contributed by atoms with E-state index in [2.05, 4.69) is 22.1 Å². The SMILES string of the molecule is Cc1cc2c(cc3c4c(nccc42)-c2[c-]cccc2S3=O)c(C)n1.[Ir]. The monoisotopic (exact) mass is 522 g/mol. The predicted molar refractivity (Wildman–Crippen MR) is 95.5 cm³/mol. The number of rotatable bonds is 0. The van der Waals surface area contributed by atoms with Gasteiger partial charge in [0.1, 0.15) is 0 Å². The molecule has 2 aromatic heterocycles. The molecule has 3 heterocycles. The summed E-state index contributed by atoms with van der Waals surface area (Å²) >= 11 is 0. The molecule has 0 saturated heterocycles. The largest absolute Gasteiger partial charge is 0.304 e. The van der Waals surface area contributed by atoms with Gasteiger partial charge in [0.25, 0.3) is 0 Å². The fraction of sp³-hybridized carbons (Fsp3) is 0.100. The minimum Gasteiger partial charge on any atom is -0.304 e. The van der Waals surface area contributed by atoms with Crippen LogP contribution in [0.5, 0.6) is 0 Å². The Balaban J connectivity index is 0.00000157. The molecule has 0 saturated carbocycles. The van der Waals surface area contributed by atoms with E-state index in [4.69, 9.17) is 0 Å². The van der Waals surface area contributed by atoms with Gasteiger partial charge in [-0.25, -0.2) is 0 Å². The van der Waals surface area contributed by atoms with E-state index in [1.54, 1.807) is 0 Å². The van der Waals surface area contributed by atoms with Crippen molar-refractivity contribution < 1.29 is 24.3 Å². The smallest absolute Gasteiger partial charge is 0.0454 e. The van der Waals surface area contributed by atoms with Gasteiger partial charge in [0.05, 0.1) is 0 Å². The van der Waals surface area contributed by atoms with Crippen LogP contribution >= 0.6 is 0 Å². The van der Waals surface area contributed by atoms with E-state index < -0.39 is 10.8 Å². The Morgan fingerprint density at radius 3 is 2.72 bits per heavy atom. The molecule has 1 aliphatic heterocycles. The van der Waals surface area contributed by atoms with Crippen LogP contribution in [0.4, 0.5) is 0 Å². The molecule has 1 aliphatic rings. The molecular formula is C20H13IrN2OS-. The van der Waals surface area contributed by atoms with Crippen LogP contribution in [0.3, 0.4) is 0 Å². The van der Waals surface area contributed by atoms with Crippen LogP contribution in [0.1, 0.15) is 11.4 Å². The van der Waals surface area contributed by atoms with Gasteiger partial charge in [-0.15, -0.1) is 29.8 Å². The van der Waals surface area contributed by atoms with E-state index in [0.717, 1.165) is 54.0 Å². The van der Waals surface area contributed by atoms with Crippen molar-refractivity contribution in [2.75, 3.05) is 0 Å². The number of aromatic nitrogens is 2. The van der Waals surface area contributed by atoms with Gasteiger partial charge in [-0.3, -0.25) is 9.19 Å². The summed E-state index contributed by atoms with van der Waals surface area (Å²) in [6.45, 7) is 4.00. The number of benzene rings is 2. The number of hydrogen-bond acceptors (Lipinski definition) is 3. The van der Waals surface area contributed by atoms with Crippen LogP contribution in [0.15, 0.2) is 52.4 Å². The second-order valence-corrected chi connectivity index (χ2v) is 7.50. The molecule has 0 fully saturated rings. The molecule has 0 bridgehead atoms. The topological polar surface area (TPSA) is 42.9 Å². The molecule has 5 rings (SSSR count). The first-order valence-corrected chi connectivity index (χ1v) is 8.92. The van der Waals surface area contributed by atoms with E-state index in [9.17, 15) is 4.21 Å². The molecule has 25 heavy (non-hydrogen) atoms. The molecule has 0 aliphatic carbocycles. The molecule has 1 radical (unpaired) electrons. The van der Waals surface area contributed by atoms with Crippen LogP contribution in [-0.4, -0.2) is 14.2 Å². The Morgan fingerprint density at radius 2 is 1.88 bits per heavy atom. The van der Waals surface area contributed by atoms with E-state index in [0.29, 0.717) is 0 Å². The Hall–Kier alpha value is -1.94. The molecule has 0 N–H and O–H groups in total. The van der Waals surface area contributed by atoms with E-state index >= 15 is 0 Å². The van der Waals surface area contributed by atoms with Gasteiger partial charge in [0.2, 0.25) is 0 Å². The standard InChI is InChI=1S/C20H13N2OS.Ir/c1-11-9-16-13-7-8-21-20-14-5-3-4-6-17(14)24(23)18(19(13)20)10-15(16)12(2)22-11;/h3-4,6-10H,1-2H3;/q-1;. The maximum Gasteiger partial charge on any atom is 0.0454 e. The van der Waals surface area contributed by atoms with Crippen LogP contribution in [0.2, 0.25) is 0 Å². The summed E-state index contributed by atoms with van der Waals surface area (Å²) in [5, 5.41) is 4.25. The van der Waals surface area contributed by atoms with E-state index in [1.165, 1.54) is 0 Å². The molecule has 0 spiro atoms. The third-order valence-corrected chi connectivity index (χ3v) is 6.06. The maximum absolute atomic E-state index is 13.2. The average Bonchev–Trinajstić information content (AvgIpc) is 2.59. The van der Waals surface area contributed by atoms with E-state index in [-0.39, 0.29) is 20.1 Å². The van der Waals surface area contributed by atoms with Gasteiger partial charge >= 0.3 is 0 Å². The molecule has 4 aromatic rings. The molecule has 1 atom stereocenters. The number of nitrogens with zero attached hydrogens (tertiary/aromatic N) is 2. The predicted octanol–water partition coefficient (Wildman–Crippen LogP) is 4.34. The first kappa shape index (κ1) is 16.5. The Bertz CT molecular complexity index is 1200. The normalized spacial score (nSPS) is 15.0. The summed E-state index contributed by atoms with van der Waals surface area (Å²) in [7, 11) is -1.23. The first-order valence-electron chi connectivity index (χ1n) is 7.77. The second-order valence-electron chi connectivity index (χ2n) is 6.08. The van der Waals surface area contributed by atoms with Crippen LogP contribution in [-0.2, 0) is 30.9 Å². The van der Waals surface area contributed by atoms with Gasteiger partial charge in [-0.2, -0.15) is 0 Å². The molecule has 125 valence electrons. The van der Waals surface area contributed by atoms with Gasteiger partial charge in [0, 0.05) is 58.8 Å². The summed E-state index contributed by atoms with van der Waals surface area (Å²) in [5.41, 5.74) is 3.66. The Morgan fingerprint density at radius 1 is 1.04 bits per heavy atom. The van der Waals surface area contributed by atoms with Crippen molar-refractivity contribution in [1.29, 1.82) is 0 Å². The summed E-state index contributed by atoms with van der Waals surface area (Å²) in [5.74, 6) is 0. The summed E-state index contributed by atoms with van der Waals surface area (Å²) in [6.07, 6.45) is 1.82. The van der Waals surface area contributed by atoms with Gasteiger partial charge in [-0.05, 0) is 58.8 Å². The zero-order chi connectivity index (χ0) is 16.4. The van der Waals surface area contributed by atoms with Crippen LogP contribution < -0.4 is 0 Å². The third kappa shape index (κ3) is 2.23. The van der Waals surface area contributed by atoms with Crippen molar-refractivity contribution in [3.8, 4) is 11.3 Å². The van der Waals surface area contributed by atoms with Gasteiger partial charge < -0.3 is 4.98 Å². The summed E-state index contributed by atoms with van der Waals surface area (Å²) in [4.78, 5) is 10.8. The quantitative estimate of drug-likeness (QED) is 0.225. The van der Waals surface area contributed by atoms with Crippen molar-refractivity contribution in [2.45, 2.75) is 23.6 Å². The molecule has 5 heteroatoms. The van der Waals surface area contributed by atoms with E-state index in [1.807, 2.05) is 50.4 Å². The molecule has 3 nitrogen and oxygen atoms in total. The molecule has 2 aromatic carbocycles. The summed E-state index contributed by atoms with van der Waals surface area (Å²) < 4.78 is 13.2. The number of aryl methyl sites for hydroxylation is 2. The minimum atomic E-state index is -1.23. The fourth-order valence-corrected chi connectivity index (χ4v) is 4.99. The zero-order valence-electron chi connectivity index (χ0n) is 13.6. The van der Waals surface area contributed by atoms with Crippen molar-refractivity contribution in [2.24, 2.45) is 0 Å². The first-order chi connectivity index (χ1) is 11.6. The summed E-state index contributed by atoms with van der Waals surface area (Å²) in [6, 6.07) is 15.0. The maximum atomic E-state index is 13.2. The average molecular weight is 522 g/mol. The van der Waals surface area contributed by atoms with Crippen LogP contribution in [0.25, 0.3) is 32.8 Å². The van der Waals surface area contributed by atoms with Gasteiger partial charge in [-0.1, -0.05) is 0 Å². The Kier molecular flexibility index (Phi) is 3.84. The van der Waals surface area contributed by atoms with Crippen molar-refractivity contribution in [3.05, 3.63) is 60.0 Å². The van der Waals surface area contributed by atoms with Crippen molar-refractivity contribution in [1.82, 2.24) is 9.97 Å². The van der Waals surface area contributed by atoms with Crippen molar-refractivity contribution >= 4 is 32.3 Å². The van der Waals surface area contributed by atoms with Crippen molar-refractivity contribution in [3.63, 3.8) is 0 Å². The Labute approximate surface area is 161 Å². The number of fused-ring (bicyclic) bond motifs is 4. The number of pyridine rings is 2. The van der Waals surface area contributed by atoms with Gasteiger partial charge in [0.15, 0.2) is 0 Å². The third-order valence-electron chi connectivity index (χ3n) is 4.59. The zero-order valence-corrected chi connectivity index (χ0v) is 16.8. The van der Waals surface area contributed by atoms with Crippen LogP contribution in [0, 0.1) is 19.9 Å². The minimum absolute atomic E-state index is 0. The molecule has 1 unspecified atom stereocenters. The number of hydrogen-bond donors (Lipinski definition) is 0. The fourth-order valence-electron chi connectivity index (χ4n) is 3.60. The molecule has 0 amide bonds. The second kappa shape index (κ2) is 5.80.